The Labute approximate surface area is 241 Å². The summed E-state index contributed by atoms with van der Waals surface area (Å²) in [5.74, 6) is -0.768. The van der Waals surface area contributed by atoms with Gasteiger partial charge in [-0.05, 0) is 73.5 Å². The Morgan fingerprint density at radius 2 is 1.80 bits per heavy atom. The maximum atomic E-state index is 13.6. The molecule has 0 bridgehead atoms. The third-order valence-electron chi connectivity index (χ3n) is 9.83. The van der Waals surface area contributed by atoms with Crippen molar-refractivity contribution in [2.45, 2.75) is 97.4 Å². The molecule has 1 aromatic carbocycles. The van der Waals surface area contributed by atoms with E-state index in [4.69, 9.17) is 4.74 Å². The van der Waals surface area contributed by atoms with Crippen molar-refractivity contribution in [3.05, 3.63) is 23.8 Å². The number of esters is 1. The predicted molar refractivity (Wildman–Crippen MR) is 153 cm³/mol. The summed E-state index contributed by atoms with van der Waals surface area (Å²) in [5, 5.41) is 29.9. The predicted octanol–water partition coefficient (Wildman–Crippen LogP) is 3.68. The molecule has 3 fully saturated rings. The number of carbonyl (C=O) groups is 3. The van der Waals surface area contributed by atoms with Gasteiger partial charge in [-0.15, -0.1) is 11.8 Å². The molecule has 1 saturated carbocycles. The number of amides is 2. The molecule has 2 aliphatic heterocycles. The van der Waals surface area contributed by atoms with Crippen LogP contribution in [0.3, 0.4) is 0 Å². The number of ether oxygens (including phenoxy) is 1. The smallest absolute Gasteiger partial charge is 0.329 e. The van der Waals surface area contributed by atoms with Gasteiger partial charge in [0.15, 0.2) is 11.5 Å². The molecule has 2 amide bonds. The number of hydrogen-bond acceptors (Lipinski definition) is 8. The van der Waals surface area contributed by atoms with Gasteiger partial charge in [0.2, 0.25) is 5.91 Å². The van der Waals surface area contributed by atoms with E-state index < -0.39 is 24.1 Å². The van der Waals surface area contributed by atoms with E-state index in [2.05, 4.69) is 27.7 Å². The lowest BCUT2D eigenvalue weighted by Crippen LogP contribution is -2.54. The topological polar surface area (TPSA) is 128 Å². The van der Waals surface area contributed by atoms with Crippen LogP contribution in [0.15, 0.2) is 18.2 Å². The number of phenolic OH excluding ortho intramolecular Hbond substituents is 2. The number of aromatic hydroxyl groups is 2. The normalized spacial score (nSPS) is 27.0. The molecule has 9 nitrogen and oxygen atoms in total. The Bertz CT molecular complexity index is 1120. The van der Waals surface area contributed by atoms with Crippen LogP contribution in [0.2, 0.25) is 0 Å². The number of rotatable bonds is 8. The molecule has 0 aromatic heterocycles. The molecule has 1 aliphatic carbocycles. The molecule has 222 valence electrons. The van der Waals surface area contributed by atoms with Crippen molar-refractivity contribution in [3.63, 3.8) is 0 Å². The zero-order valence-electron chi connectivity index (χ0n) is 24.3. The fourth-order valence-electron chi connectivity index (χ4n) is 6.44. The van der Waals surface area contributed by atoms with Crippen molar-refractivity contribution in [3.8, 4) is 11.5 Å². The van der Waals surface area contributed by atoms with E-state index in [1.54, 1.807) is 4.90 Å². The van der Waals surface area contributed by atoms with Gasteiger partial charge in [0.05, 0.1) is 12.0 Å². The molecule has 4 rings (SSSR count). The van der Waals surface area contributed by atoms with E-state index in [9.17, 15) is 29.7 Å². The van der Waals surface area contributed by atoms with E-state index in [1.165, 1.54) is 34.9 Å². The second kappa shape index (κ2) is 11.8. The lowest BCUT2D eigenvalue weighted by molar-refractivity contribution is -0.160. The number of aliphatic hydroxyl groups is 1. The van der Waals surface area contributed by atoms with Crippen molar-refractivity contribution in [1.82, 2.24) is 9.80 Å². The average molecular weight is 577 g/mol. The number of nitrogens with zero attached hydrogens (tertiary/aromatic N) is 2. The lowest BCUT2D eigenvalue weighted by atomic mass is 9.66. The number of hydrogen-bond donors (Lipinski definition) is 3. The van der Waals surface area contributed by atoms with Gasteiger partial charge in [-0.3, -0.25) is 9.59 Å². The molecule has 10 heteroatoms. The summed E-state index contributed by atoms with van der Waals surface area (Å²) in [4.78, 5) is 43.0. The first-order chi connectivity index (χ1) is 18.7. The maximum absolute atomic E-state index is 13.6. The lowest BCUT2D eigenvalue weighted by Gasteiger charge is -2.40. The number of benzene rings is 1. The first kappa shape index (κ1) is 30.5. The van der Waals surface area contributed by atoms with Gasteiger partial charge >= 0.3 is 5.97 Å². The van der Waals surface area contributed by atoms with Crippen LogP contribution in [0.4, 0.5) is 0 Å². The molecule has 0 spiro atoms. The molecule has 0 radical (unpaired) electrons. The minimum absolute atomic E-state index is 0.0692. The molecule has 1 aromatic rings. The van der Waals surface area contributed by atoms with Gasteiger partial charge in [0, 0.05) is 18.7 Å². The average Bonchev–Trinajstić information content (AvgIpc) is 3.61. The van der Waals surface area contributed by atoms with E-state index in [-0.39, 0.29) is 52.6 Å². The summed E-state index contributed by atoms with van der Waals surface area (Å²) < 4.78 is 5.90. The fourth-order valence-corrected chi connectivity index (χ4v) is 7.59. The number of likely N-dealkylation sites (tertiary alicyclic amines) is 1. The van der Waals surface area contributed by atoms with Crippen LogP contribution >= 0.6 is 11.8 Å². The van der Waals surface area contributed by atoms with Gasteiger partial charge in [-0.1, -0.05) is 33.8 Å². The zero-order valence-corrected chi connectivity index (χ0v) is 25.1. The van der Waals surface area contributed by atoms with E-state index in [0.717, 1.165) is 19.3 Å². The highest BCUT2D eigenvalue weighted by Gasteiger charge is 2.49. The summed E-state index contributed by atoms with van der Waals surface area (Å²) in [7, 11) is 0. The van der Waals surface area contributed by atoms with Gasteiger partial charge in [0.25, 0.3) is 5.91 Å². The SMILES string of the molecule is CC(CC1CCC(C)(C)C1(C)C)OC(=O)C1CCCN1C(=O)C1CSCN1C(=O)C(O)Cc1ccc(O)c(O)c1. The summed E-state index contributed by atoms with van der Waals surface area (Å²) in [6.07, 6.45) is 2.53. The van der Waals surface area contributed by atoms with Crippen LogP contribution < -0.4 is 0 Å². The van der Waals surface area contributed by atoms with Crippen molar-refractivity contribution >= 4 is 29.5 Å². The zero-order chi connectivity index (χ0) is 29.4. The Hall–Kier alpha value is -2.46. The molecule has 2 heterocycles. The standard InChI is InChI=1S/C30H44N2O7S/c1-18(13-20-10-11-29(2,3)30(20,4)5)39-28(38)21-7-6-12-31(21)26(36)22-16-40-17-32(22)27(37)25(35)15-19-8-9-23(33)24(34)14-19/h8-9,14,18,20-22,25,33-35H,6-7,10-13,15-17H2,1-5H3. The number of phenols is 2. The third-order valence-corrected chi connectivity index (χ3v) is 10.8. The first-order valence-corrected chi connectivity index (χ1v) is 15.5. The van der Waals surface area contributed by atoms with Gasteiger partial charge in [-0.2, -0.15) is 0 Å². The number of carbonyl (C=O) groups excluding carboxylic acids is 3. The van der Waals surface area contributed by atoms with E-state index >= 15 is 0 Å². The quantitative estimate of drug-likeness (QED) is 0.316. The van der Waals surface area contributed by atoms with Crippen molar-refractivity contribution < 1.29 is 34.4 Å². The van der Waals surface area contributed by atoms with E-state index in [1.807, 2.05) is 6.92 Å². The minimum atomic E-state index is -1.41. The van der Waals surface area contributed by atoms with Crippen LogP contribution in [-0.4, -0.2) is 85.4 Å². The van der Waals surface area contributed by atoms with Crippen molar-refractivity contribution in [1.29, 1.82) is 0 Å². The van der Waals surface area contributed by atoms with Crippen molar-refractivity contribution in [2.24, 2.45) is 16.7 Å². The van der Waals surface area contributed by atoms with Gasteiger partial charge in [-0.25, -0.2) is 4.79 Å². The Morgan fingerprint density at radius 1 is 1.07 bits per heavy atom. The Balaban J connectivity index is 1.36. The molecule has 40 heavy (non-hydrogen) atoms. The Kier molecular flexibility index (Phi) is 9.00. The summed E-state index contributed by atoms with van der Waals surface area (Å²) in [6, 6.07) is 2.66. The summed E-state index contributed by atoms with van der Waals surface area (Å²) in [5.41, 5.74) is 0.858. The van der Waals surface area contributed by atoms with Gasteiger partial charge < -0.3 is 29.9 Å². The van der Waals surface area contributed by atoms with Crippen LogP contribution in [0.1, 0.15) is 72.3 Å². The molecule has 5 unspecified atom stereocenters. The highest BCUT2D eigenvalue weighted by atomic mass is 32.2. The fraction of sp³-hybridized carbons (Fsp3) is 0.700. The molecular weight excluding hydrogens is 532 g/mol. The highest BCUT2D eigenvalue weighted by Crippen LogP contribution is 2.57. The number of thioether (sulfide) groups is 1. The van der Waals surface area contributed by atoms with Crippen LogP contribution in [0, 0.1) is 16.7 Å². The van der Waals surface area contributed by atoms with Crippen LogP contribution in [-0.2, 0) is 25.5 Å². The molecular formula is C30H44N2O7S. The Morgan fingerprint density at radius 3 is 2.45 bits per heavy atom. The third kappa shape index (κ3) is 6.08. The highest BCUT2D eigenvalue weighted by molar-refractivity contribution is 7.99. The summed E-state index contributed by atoms with van der Waals surface area (Å²) in [6.45, 7) is 11.6. The minimum Gasteiger partial charge on any atom is -0.504 e. The number of aliphatic hydroxyl groups excluding tert-OH is 1. The first-order valence-electron chi connectivity index (χ1n) is 14.3. The molecule has 3 N–H and O–H groups in total. The second-order valence-electron chi connectivity index (χ2n) is 12.9. The molecule has 3 aliphatic rings. The molecule has 2 saturated heterocycles. The van der Waals surface area contributed by atoms with Gasteiger partial charge in [0.1, 0.15) is 18.2 Å². The summed E-state index contributed by atoms with van der Waals surface area (Å²) >= 11 is 1.43. The molecule has 5 atom stereocenters. The van der Waals surface area contributed by atoms with Crippen LogP contribution in [0.5, 0.6) is 11.5 Å². The largest absolute Gasteiger partial charge is 0.504 e. The second-order valence-corrected chi connectivity index (χ2v) is 13.9. The van der Waals surface area contributed by atoms with Crippen molar-refractivity contribution in [2.75, 3.05) is 18.2 Å². The monoisotopic (exact) mass is 576 g/mol. The van der Waals surface area contributed by atoms with E-state index in [0.29, 0.717) is 36.6 Å². The maximum Gasteiger partial charge on any atom is 0.329 e. The van der Waals surface area contributed by atoms with Crippen LogP contribution in [0.25, 0.3) is 0 Å².